The van der Waals surface area contributed by atoms with Gasteiger partial charge in [-0.3, -0.25) is 0 Å². The number of benzene rings is 2. The summed E-state index contributed by atoms with van der Waals surface area (Å²) in [6.45, 7) is 7.43. The van der Waals surface area contributed by atoms with Crippen LogP contribution < -0.4 is 4.74 Å². The van der Waals surface area contributed by atoms with Gasteiger partial charge < -0.3 is 9.47 Å². The van der Waals surface area contributed by atoms with Crippen LogP contribution in [0.4, 0.5) is 0 Å². The summed E-state index contributed by atoms with van der Waals surface area (Å²) in [4.78, 5) is 12.9. The van der Waals surface area contributed by atoms with Gasteiger partial charge in [0.1, 0.15) is 5.75 Å². The minimum atomic E-state index is -0.297. The van der Waals surface area contributed by atoms with Gasteiger partial charge in [0.05, 0.1) is 11.7 Å². The molecule has 0 aliphatic carbocycles. The number of ether oxygens (including phenoxy) is 2. The smallest absolute Gasteiger partial charge is 0.343 e. The van der Waals surface area contributed by atoms with Gasteiger partial charge in [0.2, 0.25) is 0 Å². The van der Waals surface area contributed by atoms with Gasteiger partial charge in [0.25, 0.3) is 0 Å². The van der Waals surface area contributed by atoms with Crippen LogP contribution in [0.1, 0.15) is 202 Å². The average molecular weight is 635 g/mol. The quantitative estimate of drug-likeness (QED) is 0.0487. The predicted molar refractivity (Wildman–Crippen MR) is 198 cm³/mol. The predicted octanol–water partition coefficient (Wildman–Crippen LogP) is 13.9. The summed E-state index contributed by atoms with van der Waals surface area (Å²) < 4.78 is 12.0. The monoisotopic (exact) mass is 635 g/mol. The van der Waals surface area contributed by atoms with Gasteiger partial charge >= 0.3 is 5.97 Å². The number of hydrogen-bond donors (Lipinski definition) is 0. The number of para-hydroxylation sites is 1. The zero-order valence-corrected chi connectivity index (χ0v) is 30.3. The summed E-state index contributed by atoms with van der Waals surface area (Å²) in [5.74, 6) is 0.389. The number of esters is 1. The maximum absolute atomic E-state index is 12.9. The lowest BCUT2D eigenvalue weighted by molar-refractivity contribution is 0.0626. The minimum absolute atomic E-state index is 0.0221. The summed E-state index contributed by atoms with van der Waals surface area (Å²) in [5.41, 5.74) is 2.79. The van der Waals surface area contributed by atoms with E-state index in [1.54, 1.807) is 0 Å². The van der Waals surface area contributed by atoms with Crippen LogP contribution in [0.3, 0.4) is 0 Å². The lowest BCUT2D eigenvalue weighted by Crippen LogP contribution is -2.10. The van der Waals surface area contributed by atoms with Crippen molar-refractivity contribution in [1.82, 2.24) is 0 Å². The third kappa shape index (κ3) is 19.5. The van der Waals surface area contributed by atoms with Gasteiger partial charge in [-0.05, 0) is 55.5 Å². The summed E-state index contributed by atoms with van der Waals surface area (Å²) in [7, 11) is 0. The Hall–Kier alpha value is -2.13. The number of hydrogen-bond acceptors (Lipinski definition) is 3. The fraction of sp³-hybridized carbons (Fsp3) is 0.698. The molecule has 1 unspecified atom stereocenters. The molecule has 260 valence electrons. The first-order chi connectivity index (χ1) is 22.7. The van der Waals surface area contributed by atoms with Crippen molar-refractivity contribution in [2.24, 2.45) is 0 Å². The molecule has 2 aromatic rings. The topological polar surface area (TPSA) is 35.5 Å². The molecule has 0 saturated carbocycles. The SMILES string of the molecule is CCCCCCCCCCCCCCCCCCCCOC(C)c1ccc(C(=O)Oc2ccccc2CCCCCCCC)cc1. The second-order valence-electron chi connectivity index (χ2n) is 13.7. The number of carbonyl (C=O) groups is 1. The lowest BCUT2D eigenvalue weighted by atomic mass is 10.0. The molecule has 2 rings (SSSR count). The zero-order valence-electron chi connectivity index (χ0n) is 30.3. The highest BCUT2D eigenvalue weighted by Gasteiger charge is 2.13. The number of aryl methyl sites for hydroxylation is 1. The van der Waals surface area contributed by atoms with Crippen molar-refractivity contribution in [3.05, 3.63) is 65.2 Å². The Kier molecular flexibility index (Phi) is 24.3. The van der Waals surface area contributed by atoms with E-state index in [4.69, 9.17) is 9.47 Å². The van der Waals surface area contributed by atoms with E-state index in [1.807, 2.05) is 42.5 Å². The average Bonchev–Trinajstić information content (AvgIpc) is 3.08. The molecule has 0 spiro atoms. The number of unbranched alkanes of at least 4 members (excludes halogenated alkanes) is 22. The van der Waals surface area contributed by atoms with E-state index in [0.717, 1.165) is 37.0 Å². The maximum atomic E-state index is 12.9. The molecule has 0 aliphatic rings. The first kappa shape index (κ1) is 40.0. The van der Waals surface area contributed by atoms with Gasteiger partial charge in [0, 0.05) is 6.61 Å². The molecule has 1 atom stereocenters. The summed E-state index contributed by atoms with van der Waals surface area (Å²) in [5, 5.41) is 0. The minimum Gasteiger partial charge on any atom is -0.423 e. The normalized spacial score (nSPS) is 12.0. The van der Waals surface area contributed by atoms with Gasteiger partial charge in [-0.1, -0.05) is 185 Å². The van der Waals surface area contributed by atoms with Crippen molar-refractivity contribution >= 4 is 5.97 Å². The summed E-state index contributed by atoms with van der Waals surface area (Å²) >= 11 is 0. The summed E-state index contributed by atoms with van der Waals surface area (Å²) in [6.07, 6.45) is 33.5. The fourth-order valence-corrected chi connectivity index (χ4v) is 6.31. The van der Waals surface area contributed by atoms with Gasteiger partial charge in [-0.2, -0.15) is 0 Å². The van der Waals surface area contributed by atoms with E-state index in [1.165, 1.54) is 141 Å². The van der Waals surface area contributed by atoms with Crippen molar-refractivity contribution in [3.63, 3.8) is 0 Å². The molecule has 46 heavy (non-hydrogen) atoms. The summed E-state index contributed by atoms with van der Waals surface area (Å²) in [6, 6.07) is 15.7. The first-order valence-electron chi connectivity index (χ1n) is 19.7. The van der Waals surface area contributed by atoms with Crippen molar-refractivity contribution < 1.29 is 14.3 Å². The van der Waals surface area contributed by atoms with Crippen LogP contribution in [0.25, 0.3) is 0 Å². The third-order valence-corrected chi connectivity index (χ3v) is 9.46. The molecule has 0 N–H and O–H groups in total. The van der Waals surface area contributed by atoms with E-state index in [2.05, 4.69) is 26.8 Å². The Balaban J connectivity index is 1.49. The Morgan fingerprint density at radius 2 is 0.978 bits per heavy atom. The van der Waals surface area contributed by atoms with E-state index >= 15 is 0 Å². The molecule has 0 aromatic heterocycles. The number of rotatable bonds is 30. The van der Waals surface area contributed by atoms with Crippen molar-refractivity contribution in [2.75, 3.05) is 6.61 Å². The molecule has 0 bridgehead atoms. The maximum Gasteiger partial charge on any atom is 0.343 e. The molecular formula is C43H70O3. The highest BCUT2D eigenvalue weighted by molar-refractivity contribution is 5.91. The van der Waals surface area contributed by atoms with Crippen LogP contribution in [-0.2, 0) is 11.2 Å². The van der Waals surface area contributed by atoms with Crippen molar-refractivity contribution in [1.29, 1.82) is 0 Å². The van der Waals surface area contributed by atoms with Crippen LogP contribution in [-0.4, -0.2) is 12.6 Å². The lowest BCUT2D eigenvalue weighted by Gasteiger charge is -2.14. The molecule has 0 aliphatic heterocycles. The molecule has 0 heterocycles. The molecule has 0 saturated heterocycles. The van der Waals surface area contributed by atoms with Gasteiger partial charge in [-0.15, -0.1) is 0 Å². The Morgan fingerprint density at radius 1 is 0.543 bits per heavy atom. The van der Waals surface area contributed by atoms with Crippen LogP contribution in [0.15, 0.2) is 48.5 Å². The Labute approximate surface area is 284 Å². The largest absolute Gasteiger partial charge is 0.423 e. The highest BCUT2D eigenvalue weighted by atomic mass is 16.5. The van der Waals surface area contributed by atoms with Crippen LogP contribution >= 0.6 is 0 Å². The van der Waals surface area contributed by atoms with Crippen molar-refractivity contribution in [3.8, 4) is 5.75 Å². The zero-order chi connectivity index (χ0) is 32.9. The Bertz CT molecular complexity index is 982. The molecule has 0 amide bonds. The highest BCUT2D eigenvalue weighted by Crippen LogP contribution is 2.24. The Morgan fingerprint density at radius 3 is 1.48 bits per heavy atom. The second-order valence-corrected chi connectivity index (χ2v) is 13.7. The van der Waals surface area contributed by atoms with Crippen LogP contribution in [0.2, 0.25) is 0 Å². The third-order valence-electron chi connectivity index (χ3n) is 9.46. The van der Waals surface area contributed by atoms with E-state index in [9.17, 15) is 4.79 Å². The number of carbonyl (C=O) groups excluding carboxylic acids is 1. The molecule has 2 aromatic carbocycles. The first-order valence-corrected chi connectivity index (χ1v) is 19.7. The van der Waals surface area contributed by atoms with Crippen molar-refractivity contribution in [2.45, 2.75) is 187 Å². The second kappa shape index (κ2) is 27.9. The fourth-order valence-electron chi connectivity index (χ4n) is 6.31. The van der Waals surface area contributed by atoms with Gasteiger partial charge in [-0.25, -0.2) is 4.79 Å². The van der Waals surface area contributed by atoms with Crippen LogP contribution in [0, 0.1) is 0 Å². The van der Waals surface area contributed by atoms with E-state index in [0.29, 0.717) is 11.3 Å². The standard InChI is InChI=1S/C43H70O3/c1-4-6-8-10-12-13-14-15-16-17-18-19-20-21-22-23-25-29-37-45-38(3)39-33-35-41(36-34-39)43(44)46-42-32-28-27-31-40(42)30-26-24-11-9-7-5-2/h27-28,31-36,38H,4-26,29-30,37H2,1-3H3. The molecule has 0 fully saturated rings. The van der Waals surface area contributed by atoms with Crippen LogP contribution in [0.5, 0.6) is 5.75 Å². The van der Waals surface area contributed by atoms with E-state index in [-0.39, 0.29) is 12.1 Å². The molecule has 0 radical (unpaired) electrons. The van der Waals surface area contributed by atoms with E-state index < -0.39 is 0 Å². The molecule has 3 heteroatoms. The van der Waals surface area contributed by atoms with Gasteiger partial charge in [0.15, 0.2) is 0 Å². The molecule has 3 nitrogen and oxygen atoms in total. The molecular weight excluding hydrogens is 564 g/mol.